The van der Waals surface area contributed by atoms with Crippen LogP contribution in [0.1, 0.15) is 6.92 Å². The van der Waals surface area contributed by atoms with Crippen molar-refractivity contribution < 1.29 is 9.18 Å². The summed E-state index contributed by atoms with van der Waals surface area (Å²) in [5.41, 5.74) is 1.19. The van der Waals surface area contributed by atoms with Crippen LogP contribution in [-0.4, -0.2) is 19.0 Å². The summed E-state index contributed by atoms with van der Waals surface area (Å²) in [4.78, 5) is 13.2. The highest BCUT2D eigenvalue weighted by molar-refractivity contribution is 6.31. The molecule has 0 aromatic heterocycles. The third kappa shape index (κ3) is 1.55. The molecule has 1 atom stereocenters. The van der Waals surface area contributed by atoms with Crippen molar-refractivity contribution in [3.05, 3.63) is 23.0 Å². The van der Waals surface area contributed by atoms with Gasteiger partial charge in [-0.05, 0) is 13.0 Å². The van der Waals surface area contributed by atoms with Gasteiger partial charge < -0.3 is 10.2 Å². The van der Waals surface area contributed by atoms with Crippen LogP contribution in [0.3, 0.4) is 0 Å². The normalized spacial score (nSPS) is 19.9. The van der Waals surface area contributed by atoms with Gasteiger partial charge in [-0.15, -0.1) is 0 Å². The van der Waals surface area contributed by atoms with E-state index in [1.807, 2.05) is 0 Å². The van der Waals surface area contributed by atoms with E-state index in [-0.39, 0.29) is 17.0 Å². The van der Waals surface area contributed by atoms with Crippen LogP contribution in [0, 0.1) is 5.82 Å². The molecule has 0 saturated carbocycles. The maximum atomic E-state index is 13.2. The van der Waals surface area contributed by atoms with Gasteiger partial charge in [-0.1, -0.05) is 11.6 Å². The quantitative estimate of drug-likeness (QED) is 0.739. The lowest BCUT2D eigenvalue weighted by Gasteiger charge is -2.33. The number of nitrogens with zero attached hydrogens (tertiary/aromatic N) is 1. The van der Waals surface area contributed by atoms with Gasteiger partial charge in [-0.3, -0.25) is 4.79 Å². The Morgan fingerprint density at radius 3 is 2.87 bits per heavy atom. The van der Waals surface area contributed by atoms with Crippen molar-refractivity contribution in [3.8, 4) is 0 Å². The second-order valence-corrected chi connectivity index (χ2v) is 3.97. The summed E-state index contributed by atoms with van der Waals surface area (Å²) < 4.78 is 13.2. The number of amides is 1. The zero-order valence-corrected chi connectivity index (χ0v) is 9.10. The molecule has 15 heavy (non-hydrogen) atoms. The van der Waals surface area contributed by atoms with E-state index in [0.717, 1.165) is 0 Å². The van der Waals surface area contributed by atoms with Crippen LogP contribution in [0.15, 0.2) is 12.1 Å². The van der Waals surface area contributed by atoms with E-state index in [0.29, 0.717) is 11.4 Å². The van der Waals surface area contributed by atoms with Gasteiger partial charge in [0.1, 0.15) is 11.9 Å². The van der Waals surface area contributed by atoms with Gasteiger partial charge in [0.15, 0.2) is 0 Å². The number of carbonyl (C=O) groups excluding carboxylic acids is 1. The summed E-state index contributed by atoms with van der Waals surface area (Å²) >= 11 is 5.63. The maximum Gasteiger partial charge on any atom is 0.246 e. The lowest BCUT2D eigenvalue weighted by atomic mass is 10.1. The fourth-order valence-electron chi connectivity index (χ4n) is 1.55. The summed E-state index contributed by atoms with van der Waals surface area (Å²) in [6.07, 6.45) is 0. The summed E-state index contributed by atoms with van der Waals surface area (Å²) in [6, 6.07) is 2.44. The summed E-state index contributed by atoms with van der Waals surface area (Å²) in [6.45, 7) is 1.75. The number of rotatable bonds is 0. The molecule has 0 saturated heterocycles. The minimum absolute atomic E-state index is 0.0111. The first-order valence-corrected chi connectivity index (χ1v) is 4.91. The molecule has 1 aromatic rings. The van der Waals surface area contributed by atoms with Gasteiger partial charge >= 0.3 is 0 Å². The molecule has 0 aliphatic carbocycles. The van der Waals surface area contributed by atoms with Crippen molar-refractivity contribution in [2.75, 3.05) is 17.3 Å². The van der Waals surface area contributed by atoms with Gasteiger partial charge in [0.05, 0.1) is 16.4 Å². The summed E-state index contributed by atoms with van der Waals surface area (Å²) in [5.74, 6) is -0.599. The molecule has 2 rings (SSSR count). The van der Waals surface area contributed by atoms with Gasteiger partial charge in [0.25, 0.3) is 0 Å². The Balaban J connectivity index is 2.56. The first kappa shape index (κ1) is 10.2. The van der Waals surface area contributed by atoms with E-state index < -0.39 is 5.82 Å². The van der Waals surface area contributed by atoms with E-state index in [9.17, 15) is 9.18 Å². The van der Waals surface area contributed by atoms with Gasteiger partial charge in [-0.25, -0.2) is 4.39 Å². The van der Waals surface area contributed by atoms with Crippen molar-refractivity contribution in [3.63, 3.8) is 0 Å². The Hall–Kier alpha value is -1.29. The van der Waals surface area contributed by atoms with E-state index in [2.05, 4.69) is 5.32 Å². The van der Waals surface area contributed by atoms with Crippen LogP contribution in [0.5, 0.6) is 0 Å². The number of anilines is 2. The van der Waals surface area contributed by atoms with Crippen molar-refractivity contribution in [2.45, 2.75) is 13.0 Å². The molecule has 1 aliphatic rings. The fraction of sp³-hybridized carbons (Fsp3) is 0.300. The van der Waals surface area contributed by atoms with E-state index in [1.165, 1.54) is 12.1 Å². The first-order chi connectivity index (χ1) is 7.00. The molecule has 0 radical (unpaired) electrons. The molecule has 1 aromatic carbocycles. The van der Waals surface area contributed by atoms with Crippen molar-refractivity contribution in [1.82, 2.24) is 0 Å². The van der Waals surface area contributed by atoms with Gasteiger partial charge in [-0.2, -0.15) is 0 Å². The number of halogens is 2. The van der Waals surface area contributed by atoms with Gasteiger partial charge in [0.2, 0.25) is 5.91 Å². The second-order valence-electron chi connectivity index (χ2n) is 3.56. The molecule has 5 heteroatoms. The standard InChI is InChI=1S/C10H10ClFN2O/c1-5-10(15)13-8-3-6(11)7(12)4-9(8)14(5)2/h3-5H,1-2H3,(H,13,15). The smallest absolute Gasteiger partial charge is 0.246 e. The Kier molecular flexibility index (Phi) is 2.31. The van der Waals surface area contributed by atoms with Crippen LogP contribution >= 0.6 is 11.6 Å². The molecule has 1 heterocycles. The zero-order chi connectivity index (χ0) is 11.2. The van der Waals surface area contributed by atoms with Gasteiger partial charge in [0, 0.05) is 13.1 Å². The van der Waals surface area contributed by atoms with E-state index in [4.69, 9.17) is 11.6 Å². The molecular formula is C10H10ClFN2O. The topological polar surface area (TPSA) is 32.3 Å². The highest BCUT2D eigenvalue weighted by Gasteiger charge is 2.27. The average Bonchev–Trinajstić information content (AvgIpc) is 2.19. The van der Waals surface area contributed by atoms with Crippen LogP contribution in [0.25, 0.3) is 0 Å². The monoisotopic (exact) mass is 228 g/mol. The maximum absolute atomic E-state index is 13.2. The van der Waals surface area contributed by atoms with E-state index >= 15 is 0 Å². The van der Waals surface area contributed by atoms with Crippen molar-refractivity contribution >= 4 is 28.9 Å². The Morgan fingerprint density at radius 2 is 2.20 bits per heavy atom. The largest absolute Gasteiger partial charge is 0.361 e. The summed E-state index contributed by atoms with van der Waals surface area (Å²) in [7, 11) is 1.75. The highest BCUT2D eigenvalue weighted by Crippen LogP contribution is 2.34. The third-order valence-corrected chi connectivity index (χ3v) is 2.93. The SMILES string of the molecule is CC1C(=O)Nc2cc(Cl)c(F)cc2N1C. The molecular weight excluding hydrogens is 219 g/mol. The molecule has 1 unspecified atom stereocenters. The number of benzene rings is 1. The van der Waals surface area contributed by atoms with Crippen molar-refractivity contribution in [2.24, 2.45) is 0 Å². The molecule has 0 bridgehead atoms. The average molecular weight is 229 g/mol. The molecule has 1 N–H and O–H groups in total. The lowest BCUT2D eigenvalue weighted by Crippen LogP contribution is -2.43. The number of nitrogens with one attached hydrogen (secondary N) is 1. The molecule has 0 fully saturated rings. The van der Waals surface area contributed by atoms with Crippen LogP contribution in [0.2, 0.25) is 5.02 Å². The minimum Gasteiger partial charge on any atom is -0.361 e. The minimum atomic E-state index is -0.481. The predicted octanol–water partition coefficient (Wildman–Crippen LogP) is 2.26. The Labute approximate surface area is 91.8 Å². The zero-order valence-electron chi connectivity index (χ0n) is 8.34. The Morgan fingerprint density at radius 1 is 1.53 bits per heavy atom. The number of fused-ring (bicyclic) bond motifs is 1. The predicted molar refractivity (Wildman–Crippen MR) is 57.9 cm³/mol. The molecule has 80 valence electrons. The molecule has 0 spiro atoms. The summed E-state index contributed by atoms with van der Waals surface area (Å²) in [5, 5.41) is 2.69. The molecule has 1 amide bonds. The van der Waals surface area contributed by atoms with Crippen LogP contribution in [-0.2, 0) is 4.79 Å². The second kappa shape index (κ2) is 3.38. The third-order valence-electron chi connectivity index (χ3n) is 2.64. The highest BCUT2D eigenvalue weighted by atomic mass is 35.5. The number of hydrogen-bond acceptors (Lipinski definition) is 2. The van der Waals surface area contributed by atoms with Crippen LogP contribution < -0.4 is 10.2 Å². The van der Waals surface area contributed by atoms with E-state index in [1.54, 1.807) is 18.9 Å². The first-order valence-electron chi connectivity index (χ1n) is 4.53. The molecule has 1 aliphatic heterocycles. The number of hydrogen-bond donors (Lipinski definition) is 1. The fourth-order valence-corrected chi connectivity index (χ4v) is 1.71. The molecule has 3 nitrogen and oxygen atoms in total. The Bertz CT molecular complexity index is 436. The van der Waals surface area contributed by atoms with Crippen molar-refractivity contribution in [1.29, 1.82) is 0 Å². The number of carbonyl (C=O) groups is 1. The lowest BCUT2D eigenvalue weighted by molar-refractivity contribution is -0.117. The number of likely N-dealkylation sites (N-methyl/N-ethyl adjacent to an activating group) is 1. The van der Waals surface area contributed by atoms with Crippen LogP contribution in [0.4, 0.5) is 15.8 Å².